The van der Waals surface area contributed by atoms with Gasteiger partial charge in [-0.1, -0.05) is 60.7 Å². The van der Waals surface area contributed by atoms with E-state index in [4.69, 9.17) is 4.74 Å². The highest BCUT2D eigenvalue weighted by Crippen LogP contribution is 2.14. The van der Waals surface area contributed by atoms with Crippen LogP contribution in [0.1, 0.15) is 29.8 Å². The molecule has 1 heterocycles. The first-order chi connectivity index (χ1) is 14.1. The van der Waals surface area contributed by atoms with Gasteiger partial charge in [0.25, 0.3) is 5.56 Å². The maximum atomic E-state index is 12.4. The fraction of sp³-hybridized carbons (Fsp3) is 0.261. The number of carbonyl (C=O) groups excluding carboxylic acids is 1. The number of aryl methyl sites for hydroxylation is 2. The summed E-state index contributed by atoms with van der Waals surface area (Å²) < 4.78 is 5.18. The molecule has 29 heavy (non-hydrogen) atoms. The summed E-state index contributed by atoms with van der Waals surface area (Å²) in [6, 6.07) is 19.0. The molecule has 0 radical (unpaired) electrons. The molecule has 1 aromatic heterocycles. The molecule has 0 aliphatic rings. The molecule has 0 saturated carbocycles. The number of nitrogens with zero attached hydrogens (tertiary/aromatic N) is 1. The molecule has 6 heteroatoms. The van der Waals surface area contributed by atoms with Gasteiger partial charge in [0.05, 0.1) is 5.69 Å². The second-order valence-corrected chi connectivity index (χ2v) is 6.79. The molecule has 0 fully saturated rings. The van der Waals surface area contributed by atoms with Crippen LogP contribution in [0.2, 0.25) is 0 Å². The van der Waals surface area contributed by atoms with E-state index in [0.717, 1.165) is 35.4 Å². The van der Waals surface area contributed by atoms with E-state index in [0.29, 0.717) is 18.7 Å². The predicted octanol–water partition coefficient (Wildman–Crippen LogP) is 3.99. The molecule has 2 N–H and O–H groups in total. The lowest BCUT2D eigenvalue weighted by atomic mass is 10.1. The van der Waals surface area contributed by atoms with Gasteiger partial charge in [-0.2, -0.15) is 0 Å². The number of aromatic nitrogens is 2. The van der Waals surface area contributed by atoms with Gasteiger partial charge < -0.3 is 15.0 Å². The van der Waals surface area contributed by atoms with Crippen molar-refractivity contribution in [2.24, 2.45) is 0 Å². The quantitative estimate of drug-likeness (QED) is 0.569. The zero-order valence-corrected chi connectivity index (χ0v) is 16.5. The van der Waals surface area contributed by atoms with Crippen LogP contribution in [0.25, 0.3) is 11.3 Å². The fourth-order valence-electron chi connectivity index (χ4n) is 3.00. The van der Waals surface area contributed by atoms with Crippen molar-refractivity contribution >= 4 is 6.09 Å². The average Bonchev–Trinajstić information content (AvgIpc) is 2.75. The van der Waals surface area contributed by atoms with Crippen molar-refractivity contribution in [3.63, 3.8) is 0 Å². The Kier molecular flexibility index (Phi) is 7.16. The predicted molar refractivity (Wildman–Crippen MR) is 113 cm³/mol. The molecule has 0 spiro atoms. The van der Waals surface area contributed by atoms with E-state index in [-0.39, 0.29) is 12.2 Å². The van der Waals surface area contributed by atoms with Gasteiger partial charge in [-0.05, 0) is 31.7 Å². The van der Waals surface area contributed by atoms with Crippen LogP contribution >= 0.6 is 0 Å². The van der Waals surface area contributed by atoms with Crippen LogP contribution in [0, 0.1) is 6.92 Å². The zero-order valence-electron chi connectivity index (χ0n) is 16.5. The molecule has 0 aliphatic carbocycles. The molecule has 3 rings (SSSR count). The number of nitrogens with one attached hydrogen (secondary N) is 2. The van der Waals surface area contributed by atoms with Crippen LogP contribution in [-0.2, 0) is 17.8 Å². The van der Waals surface area contributed by atoms with Crippen LogP contribution in [0.4, 0.5) is 4.79 Å². The van der Waals surface area contributed by atoms with Crippen LogP contribution in [0.15, 0.2) is 65.5 Å². The number of H-pyrrole nitrogens is 1. The Hall–Kier alpha value is -3.41. The van der Waals surface area contributed by atoms with Crippen molar-refractivity contribution in [2.45, 2.75) is 32.8 Å². The highest BCUT2D eigenvalue weighted by atomic mass is 16.5. The van der Waals surface area contributed by atoms with E-state index in [1.54, 1.807) is 0 Å². The first-order valence-electron chi connectivity index (χ1n) is 9.73. The standard InChI is InChI=1S/C23H25N3O3/c1-17-20(26-22(27)21(25-17)19-12-6-3-7-13-19)14-8-9-15-24-23(28)29-16-18-10-4-2-5-11-18/h2-7,10-13H,8-9,14-16H2,1H3,(H,24,28)(H,26,27). The smallest absolute Gasteiger partial charge is 0.407 e. The maximum absolute atomic E-state index is 12.4. The number of hydrogen-bond acceptors (Lipinski definition) is 4. The van der Waals surface area contributed by atoms with Crippen molar-refractivity contribution in [2.75, 3.05) is 6.54 Å². The molecule has 0 saturated heterocycles. The average molecular weight is 391 g/mol. The highest BCUT2D eigenvalue weighted by molar-refractivity contribution is 5.67. The molecule has 6 nitrogen and oxygen atoms in total. The summed E-state index contributed by atoms with van der Waals surface area (Å²) in [7, 11) is 0. The van der Waals surface area contributed by atoms with Crippen LogP contribution < -0.4 is 10.9 Å². The minimum atomic E-state index is -0.424. The van der Waals surface area contributed by atoms with Crippen molar-refractivity contribution in [3.05, 3.63) is 88.0 Å². The summed E-state index contributed by atoms with van der Waals surface area (Å²) in [6.07, 6.45) is 1.88. The number of ether oxygens (including phenoxy) is 1. The molecular weight excluding hydrogens is 366 g/mol. The molecule has 0 aliphatic heterocycles. The molecule has 2 aromatic carbocycles. The molecule has 3 aromatic rings. The van der Waals surface area contributed by atoms with Crippen molar-refractivity contribution in [3.8, 4) is 11.3 Å². The minimum absolute atomic E-state index is 0.181. The van der Waals surface area contributed by atoms with Crippen LogP contribution in [0.5, 0.6) is 0 Å². The van der Waals surface area contributed by atoms with E-state index in [1.807, 2.05) is 67.6 Å². The lowest BCUT2D eigenvalue weighted by molar-refractivity contribution is 0.139. The topological polar surface area (TPSA) is 84.1 Å². The first-order valence-corrected chi connectivity index (χ1v) is 9.73. The summed E-state index contributed by atoms with van der Waals surface area (Å²) in [5.41, 5.74) is 3.67. The van der Waals surface area contributed by atoms with Gasteiger partial charge >= 0.3 is 6.09 Å². The molecule has 1 amide bonds. The Morgan fingerprint density at radius 2 is 1.72 bits per heavy atom. The van der Waals surface area contributed by atoms with Crippen LogP contribution in [0.3, 0.4) is 0 Å². The first kappa shape index (κ1) is 20.3. The fourth-order valence-corrected chi connectivity index (χ4v) is 3.00. The normalized spacial score (nSPS) is 10.5. The van der Waals surface area contributed by atoms with Crippen molar-refractivity contribution in [1.29, 1.82) is 0 Å². The maximum Gasteiger partial charge on any atom is 0.407 e. The minimum Gasteiger partial charge on any atom is -0.445 e. The number of rotatable bonds is 8. The summed E-state index contributed by atoms with van der Waals surface area (Å²) in [4.78, 5) is 31.5. The van der Waals surface area contributed by atoms with Gasteiger partial charge in [-0.3, -0.25) is 4.79 Å². The number of unbranched alkanes of at least 4 members (excludes halogenated alkanes) is 1. The lowest BCUT2D eigenvalue weighted by Crippen LogP contribution is -2.25. The summed E-state index contributed by atoms with van der Waals surface area (Å²) in [5, 5.41) is 2.75. The molecule has 0 unspecified atom stereocenters. The third-order valence-corrected chi connectivity index (χ3v) is 4.58. The number of amides is 1. The van der Waals surface area contributed by atoms with Gasteiger partial charge in [-0.25, -0.2) is 9.78 Å². The number of benzene rings is 2. The Labute approximate surface area is 170 Å². The van der Waals surface area contributed by atoms with E-state index < -0.39 is 6.09 Å². The highest BCUT2D eigenvalue weighted by Gasteiger charge is 2.09. The monoisotopic (exact) mass is 391 g/mol. The number of aromatic amines is 1. The number of carbonyl (C=O) groups is 1. The van der Waals surface area contributed by atoms with Crippen molar-refractivity contribution < 1.29 is 9.53 Å². The molecular formula is C23H25N3O3. The summed E-state index contributed by atoms with van der Waals surface area (Å²) in [6.45, 7) is 2.68. The summed E-state index contributed by atoms with van der Waals surface area (Å²) in [5.74, 6) is 0. The summed E-state index contributed by atoms with van der Waals surface area (Å²) >= 11 is 0. The Morgan fingerprint density at radius 1 is 1.03 bits per heavy atom. The molecule has 0 atom stereocenters. The molecule has 0 bridgehead atoms. The number of alkyl carbamates (subject to hydrolysis) is 1. The number of hydrogen-bond donors (Lipinski definition) is 2. The Balaban J connectivity index is 1.42. The van der Waals surface area contributed by atoms with Gasteiger partial charge in [0.15, 0.2) is 0 Å². The second kappa shape index (κ2) is 10.2. The third-order valence-electron chi connectivity index (χ3n) is 4.58. The lowest BCUT2D eigenvalue weighted by Gasteiger charge is -2.09. The Morgan fingerprint density at radius 3 is 2.45 bits per heavy atom. The van der Waals surface area contributed by atoms with Crippen molar-refractivity contribution in [1.82, 2.24) is 15.3 Å². The van der Waals surface area contributed by atoms with E-state index in [2.05, 4.69) is 15.3 Å². The SMILES string of the molecule is Cc1nc(-c2ccccc2)c(=O)[nH]c1CCCCNC(=O)OCc1ccccc1. The molecule has 150 valence electrons. The van der Waals surface area contributed by atoms with E-state index in [9.17, 15) is 9.59 Å². The van der Waals surface area contributed by atoms with Gasteiger partial charge in [0.2, 0.25) is 0 Å². The van der Waals surface area contributed by atoms with Gasteiger partial charge in [0.1, 0.15) is 12.3 Å². The third kappa shape index (κ3) is 6.04. The van der Waals surface area contributed by atoms with Gasteiger partial charge in [-0.15, -0.1) is 0 Å². The van der Waals surface area contributed by atoms with E-state index >= 15 is 0 Å². The largest absolute Gasteiger partial charge is 0.445 e. The van der Waals surface area contributed by atoms with Gasteiger partial charge in [0, 0.05) is 17.8 Å². The van der Waals surface area contributed by atoms with Crippen LogP contribution in [-0.4, -0.2) is 22.6 Å². The van der Waals surface area contributed by atoms with E-state index in [1.165, 1.54) is 0 Å². The Bertz CT molecular complexity index is 985. The second-order valence-electron chi connectivity index (χ2n) is 6.79. The zero-order chi connectivity index (χ0) is 20.5.